The van der Waals surface area contributed by atoms with E-state index in [1.807, 2.05) is 0 Å². The third-order valence-electron chi connectivity index (χ3n) is 1.60. The van der Waals surface area contributed by atoms with E-state index >= 15 is 0 Å². The molecule has 0 aromatic heterocycles. The van der Waals surface area contributed by atoms with Crippen molar-refractivity contribution < 1.29 is 5.21 Å². The Kier molecular flexibility index (Phi) is 4.67. The molecule has 0 saturated heterocycles. The highest BCUT2D eigenvalue weighted by molar-refractivity contribution is 4.63. The summed E-state index contributed by atoms with van der Waals surface area (Å²) >= 11 is 0. The van der Waals surface area contributed by atoms with Crippen molar-refractivity contribution >= 4 is 0 Å². The monoisotopic (exact) mass is 132 g/mol. The van der Waals surface area contributed by atoms with Gasteiger partial charge in [-0.3, -0.25) is 0 Å². The van der Waals surface area contributed by atoms with Crippen LogP contribution in [-0.2, 0) is 0 Å². The lowest BCUT2D eigenvalue weighted by molar-refractivity contribution is 0.139. The third kappa shape index (κ3) is 3.46. The van der Waals surface area contributed by atoms with Crippen molar-refractivity contribution in [2.75, 3.05) is 13.1 Å². The van der Waals surface area contributed by atoms with Gasteiger partial charge in [-0.15, -0.1) is 0 Å². The molecule has 0 heterocycles. The highest BCUT2D eigenvalue weighted by Crippen LogP contribution is 2.06. The van der Waals surface area contributed by atoms with E-state index in [0.717, 1.165) is 0 Å². The SMILES string of the molecule is CC(C)C(CN)CNO. The van der Waals surface area contributed by atoms with Crippen LogP contribution >= 0.6 is 0 Å². The summed E-state index contributed by atoms with van der Waals surface area (Å²) < 4.78 is 0. The topological polar surface area (TPSA) is 58.3 Å². The second kappa shape index (κ2) is 4.73. The van der Waals surface area contributed by atoms with Crippen molar-refractivity contribution in [3.8, 4) is 0 Å². The van der Waals surface area contributed by atoms with Crippen LogP contribution in [0, 0.1) is 11.8 Å². The van der Waals surface area contributed by atoms with Crippen LogP contribution in [0.1, 0.15) is 13.8 Å². The molecule has 0 rings (SSSR count). The van der Waals surface area contributed by atoms with Crippen LogP contribution in [0.25, 0.3) is 0 Å². The van der Waals surface area contributed by atoms with E-state index < -0.39 is 0 Å². The lowest BCUT2D eigenvalue weighted by Crippen LogP contribution is -2.29. The van der Waals surface area contributed by atoms with Crippen LogP contribution in [0.15, 0.2) is 0 Å². The first kappa shape index (κ1) is 8.88. The van der Waals surface area contributed by atoms with Crippen LogP contribution in [0.2, 0.25) is 0 Å². The first-order chi connectivity index (χ1) is 4.22. The van der Waals surface area contributed by atoms with E-state index in [2.05, 4.69) is 19.3 Å². The molecule has 3 heteroatoms. The van der Waals surface area contributed by atoms with E-state index in [-0.39, 0.29) is 0 Å². The Hall–Kier alpha value is -0.120. The van der Waals surface area contributed by atoms with Gasteiger partial charge in [0.25, 0.3) is 0 Å². The van der Waals surface area contributed by atoms with Crippen molar-refractivity contribution in [2.45, 2.75) is 13.8 Å². The molecule has 0 fully saturated rings. The number of nitrogens with two attached hydrogens (primary N) is 1. The standard InChI is InChI=1S/C6H16N2O/c1-5(2)6(3-7)4-8-9/h5-6,8-9H,3-4,7H2,1-2H3. The molecule has 1 unspecified atom stereocenters. The highest BCUT2D eigenvalue weighted by Gasteiger charge is 2.09. The van der Waals surface area contributed by atoms with Gasteiger partial charge in [-0.25, -0.2) is 5.48 Å². The molecule has 0 aromatic rings. The summed E-state index contributed by atoms with van der Waals surface area (Å²) in [4.78, 5) is 0. The number of hydroxylamine groups is 1. The first-order valence-electron chi connectivity index (χ1n) is 3.29. The maximum absolute atomic E-state index is 8.31. The van der Waals surface area contributed by atoms with Gasteiger partial charge in [-0.2, -0.15) is 0 Å². The molecular weight excluding hydrogens is 116 g/mol. The maximum atomic E-state index is 8.31. The zero-order valence-electron chi connectivity index (χ0n) is 6.09. The first-order valence-corrected chi connectivity index (χ1v) is 3.29. The Morgan fingerprint density at radius 3 is 2.22 bits per heavy atom. The van der Waals surface area contributed by atoms with E-state index in [4.69, 9.17) is 10.9 Å². The number of rotatable bonds is 4. The number of hydrogen-bond donors (Lipinski definition) is 3. The summed E-state index contributed by atoms with van der Waals surface area (Å²) in [5, 5.41) is 8.31. The molecule has 1 atom stereocenters. The summed E-state index contributed by atoms with van der Waals surface area (Å²) in [5.74, 6) is 0.921. The van der Waals surface area contributed by atoms with Crippen LogP contribution in [0.4, 0.5) is 0 Å². The molecule has 9 heavy (non-hydrogen) atoms. The van der Waals surface area contributed by atoms with Crippen molar-refractivity contribution in [1.82, 2.24) is 5.48 Å². The van der Waals surface area contributed by atoms with Gasteiger partial charge in [0, 0.05) is 6.54 Å². The summed E-state index contributed by atoms with van der Waals surface area (Å²) in [5.41, 5.74) is 7.53. The molecule has 4 N–H and O–H groups in total. The molecule has 0 aliphatic carbocycles. The summed E-state index contributed by atoms with van der Waals surface area (Å²) in [7, 11) is 0. The molecule has 0 amide bonds. The molecule has 56 valence electrons. The van der Waals surface area contributed by atoms with E-state index in [0.29, 0.717) is 24.9 Å². The smallest absolute Gasteiger partial charge is 0.0250 e. The predicted molar refractivity (Wildman–Crippen MR) is 37.2 cm³/mol. The van der Waals surface area contributed by atoms with Crippen molar-refractivity contribution in [3.05, 3.63) is 0 Å². The van der Waals surface area contributed by atoms with Gasteiger partial charge in [0.05, 0.1) is 0 Å². The second-order valence-electron chi connectivity index (χ2n) is 2.60. The number of hydrogen-bond acceptors (Lipinski definition) is 3. The summed E-state index contributed by atoms with van der Waals surface area (Å²) in [6.07, 6.45) is 0. The van der Waals surface area contributed by atoms with Crippen molar-refractivity contribution in [3.63, 3.8) is 0 Å². The zero-order chi connectivity index (χ0) is 7.28. The molecule has 0 bridgehead atoms. The Morgan fingerprint density at radius 2 is 2.11 bits per heavy atom. The normalized spacial score (nSPS) is 14.3. The fraction of sp³-hybridized carbons (Fsp3) is 1.00. The Balaban J connectivity index is 3.41. The molecule has 0 aliphatic rings. The minimum absolute atomic E-state index is 0.384. The Bertz CT molecular complexity index is 66.1. The van der Waals surface area contributed by atoms with E-state index in [9.17, 15) is 0 Å². The van der Waals surface area contributed by atoms with Gasteiger partial charge in [0.2, 0.25) is 0 Å². The molecule has 0 aliphatic heterocycles. The lowest BCUT2D eigenvalue weighted by atomic mass is 9.96. The van der Waals surface area contributed by atoms with Crippen molar-refractivity contribution in [1.29, 1.82) is 0 Å². The average molecular weight is 132 g/mol. The zero-order valence-corrected chi connectivity index (χ0v) is 6.09. The molecule has 0 saturated carbocycles. The predicted octanol–water partition coefficient (Wildman–Crippen LogP) is 0.196. The quantitative estimate of drug-likeness (QED) is 0.479. The van der Waals surface area contributed by atoms with Gasteiger partial charge in [0.1, 0.15) is 0 Å². The Morgan fingerprint density at radius 1 is 1.56 bits per heavy atom. The molecule has 0 radical (unpaired) electrons. The van der Waals surface area contributed by atoms with Gasteiger partial charge < -0.3 is 10.9 Å². The second-order valence-corrected chi connectivity index (χ2v) is 2.60. The maximum Gasteiger partial charge on any atom is 0.0250 e. The minimum atomic E-state index is 0.384. The van der Waals surface area contributed by atoms with E-state index in [1.54, 1.807) is 0 Å². The Labute approximate surface area is 56.2 Å². The van der Waals surface area contributed by atoms with Gasteiger partial charge >= 0.3 is 0 Å². The van der Waals surface area contributed by atoms with E-state index in [1.165, 1.54) is 0 Å². The summed E-state index contributed by atoms with van der Waals surface area (Å²) in [6.45, 7) is 5.41. The fourth-order valence-corrected chi connectivity index (χ4v) is 0.708. The largest absolute Gasteiger partial charge is 0.330 e. The van der Waals surface area contributed by atoms with Gasteiger partial charge in [-0.1, -0.05) is 13.8 Å². The fourth-order valence-electron chi connectivity index (χ4n) is 0.708. The van der Waals surface area contributed by atoms with Crippen molar-refractivity contribution in [2.24, 2.45) is 17.6 Å². The lowest BCUT2D eigenvalue weighted by Gasteiger charge is -2.16. The highest BCUT2D eigenvalue weighted by atomic mass is 16.5. The third-order valence-corrected chi connectivity index (χ3v) is 1.60. The summed E-state index contributed by atoms with van der Waals surface area (Å²) in [6, 6.07) is 0. The van der Waals surface area contributed by atoms with Gasteiger partial charge in [-0.05, 0) is 18.4 Å². The minimum Gasteiger partial charge on any atom is -0.330 e. The van der Waals surface area contributed by atoms with Crippen LogP contribution in [-0.4, -0.2) is 18.3 Å². The molecular formula is C6H16N2O. The molecule has 0 spiro atoms. The number of nitrogens with one attached hydrogen (secondary N) is 1. The van der Waals surface area contributed by atoms with Crippen LogP contribution < -0.4 is 11.2 Å². The van der Waals surface area contributed by atoms with Crippen LogP contribution in [0.3, 0.4) is 0 Å². The van der Waals surface area contributed by atoms with Gasteiger partial charge in [0.15, 0.2) is 0 Å². The average Bonchev–Trinajstić information content (AvgIpc) is 1.82. The molecule has 3 nitrogen and oxygen atoms in total. The molecule has 0 aromatic carbocycles. The van der Waals surface area contributed by atoms with Crippen LogP contribution in [0.5, 0.6) is 0 Å².